The van der Waals surface area contributed by atoms with E-state index in [-0.39, 0.29) is 38.2 Å². The smallest absolute Gasteiger partial charge is 0.389 e. The number of hydrogen-bond acceptors (Lipinski definition) is 4. The average Bonchev–Trinajstić information content (AvgIpc) is 3.15. The van der Waals surface area contributed by atoms with Crippen molar-refractivity contribution in [2.45, 2.75) is 100.0 Å². The van der Waals surface area contributed by atoms with Gasteiger partial charge in [0.2, 0.25) is 0 Å². The van der Waals surface area contributed by atoms with Gasteiger partial charge in [0.1, 0.15) is 0 Å². The van der Waals surface area contributed by atoms with Crippen molar-refractivity contribution in [2.24, 2.45) is 11.8 Å². The fourth-order valence-electron chi connectivity index (χ4n) is 7.05. The first-order valence-electron chi connectivity index (χ1n) is 20.1. The van der Waals surface area contributed by atoms with Crippen molar-refractivity contribution < 1.29 is 43.2 Å². The van der Waals surface area contributed by atoms with E-state index in [1.807, 2.05) is 32.3 Å². The Morgan fingerprint density at radius 2 is 1.20 bits per heavy atom. The van der Waals surface area contributed by atoms with Crippen LogP contribution in [0.25, 0.3) is 44.1 Å². The summed E-state index contributed by atoms with van der Waals surface area (Å²) in [6, 6.07) is 34.8. The molecule has 9 heteroatoms. The van der Waals surface area contributed by atoms with Crippen LogP contribution in [0.1, 0.15) is 68.7 Å². The molecule has 6 aromatic rings. The van der Waals surface area contributed by atoms with E-state index in [0.717, 1.165) is 39.7 Å². The van der Waals surface area contributed by atoms with Crippen LogP contribution in [-0.4, -0.2) is 35.1 Å². The fourth-order valence-corrected chi connectivity index (χ4v) is 8.22. The molecule has 2 aromatic heterocycles. The summed E-state index contributed by atoms with van der Waals surface area (Å²) in [4.78, 5) is 20.8. The summed E-state index contributed by atoms with van der Waals surface area (Å²) in [6.07, 6.45) is 0.711. The maximum absolute atomic E-state index is 12.3. The van der Waals surface area contributed by atoms with Crippen LogP contribution in [0.3, 0.4) is 0 Å². The van der Waals surface area contributed by atoms with Crippen LogP contribution in [0.4, 0.5) is 13.2 Å². The quantitative estimate of drug-likeness (QED) is 0.0643. The Labute approximate surface area is 363 Å². The van der Waals surface area contributed by atoms with Gasteiger partial charge in [-0.1, -0.05) is 116 Å². The van der Waals surface area contributed by atoms with Crippen LogP contribution in [0.15, 0.2) is 103 Å². The van der Waals surface area contributed by atoms with Gasteiger partial charge in [0.25, 0.3) is 0 Å². The summed E-state index contributed by atoms with van der Waals surface area (Å²) in [5.74, 6) is -2.00. The second-order valence-electron chi connectivity index (χ2n) is 16.1. The normalized spacial score (nSPS) is 12.3. The molecule has 4 nitrogen and oxygen atoms in total. The number of aliphatic hydroxyl groups excluding tert-OH is 1. The molecule has 0 fully saturated rings. The Morgan fingerprint density at radius 3 is 1.68 bits per heavy atom. The van der Waals surface area contributed by atoms with E-state index in [0.29, 0.717) is 12.8 Å². The molecule has 0 spiro atoms. The maximum atomic E-state index is 12.3. The number of halogens is 3. The molecule has 0 aliphatic heterocycles. The van der Waals surface area contributed by atoms with Crippen molar-refractivity contribution in [2.75, 3.05) is 0 Å². The van der Waals surface area contributed by atoms with E-state index >= 15 is 0 Å². The number of allylic oxidation sites excluding steroid dienone is 2. The van der Waals surface area contributed by atoms with Crippen LogP contribution in [0.2, 0.25) is 19.6 Å². The zero-order valence-electron chi connectivity index (χ0n) is 35.9. The standard InChI is InChI=1S/C20H22NSi.C17H14N.C13H21F3O2.Ir/c1-14-10-15(2)12-17(11-14)20-19-7-6-18(22(3,4)5)13-16(19)8-9-21-20;1-12-9-13(2)11-15(10-12)17-16-6-4-3-5-14(16)7-8-18-17;1-4-9(5-2)11(17)7-12(18)10(6-3)8-13(14,15)16;/h6-11,13H,1-5H3;3-10H,1-2H3;7,9-10,18H,4-6,8H2,1-3H3;/q2*-1;;/b;;12-7-;. The number of aromatic nitrogens is 2. The Morgan fingerprint density at radius 1 is 0.712 bits per heavy atom. The van der Waals surface area contributed by atoms with Crippen LogP contribution in [0.5, 0.6) is 0 Å². The molecular weight excluding hydrogens is 938 g/mol. The van der Waals surface area contributed by atoms with Gasteiger partial charge in [-0.05, 0) is 64.3 Å². The average molecular weight is 995 g/mol. The van der Waals surface area contributed by atoms with Crippen molar-refractivity contribution in [3.8, 4) is 22.5 Å². The first-order chi connectivity index (χ1) is 27.3. The van der Waals surface area contributed by atoms with Crippen LogP contribution in [0, 0.1) is 51.7 Å². The molecule has 0 aliphatic rings. The molecule has 2 heterocycles. The minimum absolute atomic E-state index is 0. The number of carbonyl (C=O) groups excluding carboxylic acids is 1. The Bertz CT molecular complexity index is 2320. The van der Waals surface area contributed by atoms with Crippen molar-refractivity contribution in [3.63, 3.8) is 0 Å². The third-order valence-electron chi connectivity index (χ3n) is 10.2. The number of ketones is 1. The largest absolute Gasteiger partial charge is 0.512 e. The van der Waals surface area contributed by atoms with Crippen molar-refractivity contribution in [3.05, 3.63) is 137 Å². The Hall–Kier alpha value is -4.43. The van der Waals surface area contributed by atoms with Gasteiger partial charge in [0.15, 0.2) is 5.78 Å². The molecule has 4 aromatic carbocycles. The SMILES string of the molecule is CCC(CC)C(=O)/C=C(\O)C(CC)CC(F)(F)F.Cc1[c-]c(-c2nccc3cc([Si](C)(C)C)ccc23)cc(C)c1.Cc1[c-]c(-c2nccc3ccccc23)cc(C)c1.[Ir]. The predicted molar refractivity (Wildman–Crippen MR) is 238 cm³/mol. The van der Waals surface area contributed by atoms with Gasteiger partial charge in [-0.3, -0.25) is 4.79 Å². The summed E-state index contributed by atoms with van der Waals surface area (Å²) in [7, 11) is -1.29. The predicted octanol–water partition coefficient (Wildman–Crippen LogP) is 13.6. The topological polar surface area (TPSA) is 63.1 Å². The first-order valence-corrected chi connectivity index (χ1v) is 23.6. The molecule has 1 N–H and O–H groups in total. The van der Waals surface area contributed by atoms with Crippen LogP contribution >= 0.6 is 0 Å². The fraction of sp³-hybridized carbons (Fsp3) is 0.340. The number of rotatable bonds is 10. The number of nitrogens with zero attached hydrogens (tertiary/aromatic N) is 2. The Kier molecular flexibility index (Phi) is 18.0. The molecule has 1 atom stereocenters. The summed E-state index contributed by atoms with van der Waals surface area (Å²) >= 11 is 0. The van der Waals surface area contributed by atoms with Crippen molar-refractivity contribution in [1.29, 1.82) is 0 Å². The van der Waals surface area contributed by atoms with Gasteiger partial charge < -0.3 is 15.1 Å². The van der Waals surface area contributed by atoms with E-state index in [9.17, 15) is 23.1 Å². The third kappa shape index (κ3) is 14.1. The summed E-state index contributed by atoms with van der Waals surface area (Å²) < 4.78 is 36.8. The molecule has 0 saturated heterocycles. The van der Waals surface area contributed by atoms with Crippen LogP contribution in [-0.2, 0) is 24.9 Å². The van der Waals surface area contributed by atoms with E-state index in [2.05, 4.69) is 142 Å². The second kappa shape index (κ2) is 21.7. The van der Waals surface area contributed by atoms with Gasteiger partial charge in [0.05, 0.1) is 20.3 Å². The monoisotopic (exact) mass is 995 g/mol. The number of hydrogen-bond donors (Lipinski definition) is 1. The minimum Gasteiger partial charge on any atom is -0.512 e. The van der Waals surface area contributed by atoms with Gasteiger partial charge in [-0.15, -0.1) is 69.8 Å². The molecule has 0 bridgehead atoms. The van der Waals surface area contributed by atoms with Gasteiger partial charge >= 0.3 is 6.18 Å². The number of aryl methyl sites for hydroxylation is 4. The molecule has 6 rings (SSSR count). The number of pyridine rings is 2. The number of alkyl halides is 3. The van der Waals surface area contributed by atoms with E-state index < -0.39 is 32.3 Å². The zero-order valence-corrected chi connectivity index (χ0v) is 39.3. The number of aliphatic hydroxyl groups is 1. The molecular formula is C50H57F3IrN2O2Si-2. The number of fused-ring (bicyclic) bond motifs is 2. The Balaban J connectivity index is 0.000000237. The van der Waals surface area contributed by atoms with E-state index in [4.69, 9.17) is 0 Å². The number of carbonyl (C=O) groups is 1. The second-order valence-corrected chi connectivity index (χ2v) is 21.2. The summed E-state index contributed by atoms with van der Waals surface area (Å²) in [5, 5.41) is 16.0. The third-order valence-corrected chi connectivity index (χ3v) is 12.2. The molecule has 0 amide bonds. The van der Waals surface area contributed by atoms with Crippen LogP contribution < -0.4 is 5.19 Å². The molecule has 0 saturated carbocycles. The molecule has 0 aliphatic carbocycles. The van der Waals surface area contributed by atoms with Crippen molar-refractivity contribution in [1.82, 2.24) is 9.97 Å². The molecule has 59 heavy (non-hydrogen) atoms. The van der Waals surface area contributed by atoms with E-state index in [1.165, 1.54) is 37.9 Å². The van der Waals surface area contributed by atoms with Gasteiger partial charge in [0, 0.05) is 50.4 Å². The zero-order chi connectivity index (χ0) is 42.8. The summed E-state index contributed by atoms with van der Waals surface area (Å²) in [6.45, 7) is 20.8. The maximum Gasteiger partial charge on any atom is 0.389 e. The molecule has 1 radical (unpaired) electrons. The molecule has 315 valence electrons. The van der Waals surface area contributed by atoms with Gasteiger partial charge in [-0.2, -0.15) is 13.2 Å². The molecule has 1 unspecified atom stereocenters. The minimum atomic E-state index is -4.33. The van der Waals surface area contributed by atoms with E-state index in [1.54, 1.807) is 6.92 Å². The first kappa shape index (κ1) is 48.9. The van der Waals surface area contributed by atoms with Gasteiger partial charge in [-0.25, -0.2) is 0 Å². The summed E-state index contributed by atoms with van der Waals surface area (Å²) in [5.41, 5.74) is 9.02. The number of benzene rings is 4. The van der Waals surface area contributed by atoms with Crippen molar-refractivity contribution >= 4 is 40.6 Å².